The number of sulfonamides is 1. The Morgan fingerprint density at radius 1 is 1.28 bits per heavy atom. The first kappa shape index (κ1) is 24.2. The summed E-state index contributed by atoms with van der Waals surface area (Å²) < 4.78 is 56.7. The van der Waals surface area contributed by atoms with Crippen LogP contribution in [-0.4, -0.2) is 33.0 Å². The number of nitrogens with one attached hydrogen (secondary N) is 1. The Balaban J connectivity index is 2.42. The van der Waals surface area contributed by atoms with E-state index in [0.717, 1.165) is 31.4 Å². The van der Waals surface area contributed by atoms with Gasteiger partial charge in [-0.1, -0.05) is 0 Å². The lowest BCUT2D eigenvalue weighted by Crippen LogP contribution is -2.15. The maximum atomic E-state index is 12.5. The van der Waals surface area contributed by atoms with E-state index in [0.29, 0.717) is 6.07 Å². The normalized spacial score (nSPS) is 11.6. The number of nitriles is 1. The van der Waals surface area contributed by atoms with Crippen molar-refractivity contribution >= 4 is 33.4 Å². The average molecular weight is 468 g/mol. The monoisotopic (exact) mass is 468 g/mol. The molecule has 0 heterocycles. The number of hydrogen-bond acceptors (Lipinski definition) is 8. The molecule has 0 spiro atoms. The number of ether oxygens (including phenoxy) is 2. The molecule has 2 rings (SSSR count). The molecule has 0 atom stereocenters. The molecule has 11 nitrogen and oxygen atoms in total. The van der Waals surface area contributed by atoms with Crippen LogP contribution in [0.1, 0.15) is 5.56 Å². The molecule has 0 fully saturated rings. The lowest BCUT2D eigenvalue weighted by atomic mass is 10.1. The van der Waals surface area contributed by atoms with Crippen molar-refractivity contribution < 1.29 is 36.4 Å². The van der Waals surface area contributed by atoms with Gasteiger partial charge in [-0.2, -0.15) is 14.0 Å². The molecule has 0 radical (unpaired) electrons. The molecule has 2 aromatic carbocycles. The van der Waals surface area contributed by atoms with E-state index in [1.54, 1.807) is 6.07 Å². The zero-order valence-electron chi connectivity index (χ0n) is 16.1. The van der Waals surface area contributed by atoms with Crippen molar-refractivity contribution in [2.45, 2.75) is 11.5 Å². The highest BCUT2D eigenvalue weighted by molar-refractivity contribution is 7.89. The van der Waals surface area contributed by atoms with E-state index in [4.69, 9.17) is 9.88 Å². The number of benzene rings is 2. The van der Waals surface area contributed by atoms with Gasteiger partial charge in [-0.05, 0) is 36.4 Å². The highest BCUT2D eigenvalue weighted by Gasteiger charge is 2.22. The number of anilines is 1. The van der Waals surface area contributed by atoms with E-state index in [-0.39, 0.29) is 21.9 Å². The lowest BCUT2D eigenvalue weighted by Gasteiger charge is -2.11. The van der Waals surface area contributed by atoms with E-state index >= 15 is 0 Å². The van der Waals surface area contributed by atoms with Crippen LogP contribution in [-0.2, 0) is 14.8 Å². The molecule has 0 aliphatic rings. The predicted molar refractivity (Wildman–Crippen MR) is 106 cm³/mol. The van der Waals surface area contributed by atoms with E-state index in [2.05, 4.69) is 10.1 Å². The molecule has 0 saturated carbocycles. The minimum atomic E-state index is -3.95. The van der Waals surface area contributed by atoms with E-state index in [1.165, 1.54) is 12.1 Å². The number of hydrogen-bond donors (Lipinski definition) is 2. The van der Waals surface area contributed by atoms with Gasteiger partial charge >= 0.3 is 6.61 Å². The second kappa shape index (κ2) is 9.81. The number of nitro benzene ring substituents is 1. The van der Waals surface area contributed by atoms with Crippen molar-refractivity contribution in [2.24, 2.45) is 5.14 Å². The van der Waals surface area contributed by atoms with Gasteiger partial charge in [0.1, 0.15) is 11.6 Å². The molecule has 32 heavy (non-hydrogen) atoms. The number of halogens is 2. The van der Waals surface area contributed by atoms with Crippen molar-refractivity contribution in [3.63, 3.8) is 0 Å². The quantitative estimate of drug-likeness (QED) is 0.257. The summed E-state index contributed by atoms with van der Waals surface area (Å²) in [4.78, 5) is 22.6. The van der Waals surface area contributed by atoms with Crippen LogP contribution in [0.15, 0.2) is 46.9 Å². The second-order valence-corrected chi connectivity index (χ2v) is 7.45. The Bertz CT molecular complexity index is 1220. The number of nitrogens with two attached hydrogens (primary N) is 1. The largest absolute Gasteiger partial charge is 0.493 e. The van der Waals surface area contributed by atoms with Crippen LogP contribution in [0.2, 0.25) is 0 Å². The summed E-state index contributed by atoms with van der Waals surface area (Å²) in [6.07, 6.45) is 0.862. The fourth-order valence-corrected chi connectivity index (χ4v) is 2.93. The molecule has 0 aliphatic carbocycles. The Morgan fingerprint density at radius 3 is 2.38 bits per heavy atom. The molecule has 3 N–H and O–H groups in total. The van der Waals surface area contributed by atoms with Gasteiger partial charge in [0.25, 0.3) is 11.6 Å². The topological polar surface area (TPSA) is 175 Å². The fourth-order valence-electron chi connectivity index (χ4n) is 2.42. The number of alkyl halides is 2. The van der Waals surface area contributed by atoms with Gasteiger partial charge in [0.2, 0.25) is 10.0 Å². The molecule has 0 aliphatic heterocycles. The number of carbonyl (C=O) groups is 1. The summed E-state index contributed by atoms with van der Waals surface area (Å²) in [7, 11) is -2.84. The molecule has 2 aromatic rings. The maximum Gasteiger partial charge on any atom is 0.387 e. The van der Waals surface area contributed by atoms with Crippen LogP contribution in [0.25, 0.3) is 6.08 Å². The number of methoxy groups -OCH3 is 1. The van der Waals surface area contributed by atoms with Crippen LogP contribution in [0.4, 0.5) is 20.2 Å². The SMILES string of the molecule is COc1cc(/C=C(\C#N)C(=O)Nc2ccc(S(N)(=O)=O)cc2)c([N+](=O)[O-])cc1OC(F)F. The molecule has 1 amide bonds. The maximum absolute atomic E-state index is 12.5. The van der Waals surface area contributed by atoms with Gasteiger partial charge in [0, 0.05) is 5.69 Å². The minimum absolute atomic E-state index is 0.108. The van der Waals surface area contributed by atoms with Gasteiger partial charge < -0.3 is 14.8 Å². The standard InChI is InChI=1S/C18H14F2N4O7S/c1-30-15-7-10(14(24(26)27)8-16(15)31-18(19)20)6-11(9-21)17(25)23-12-2-4-13(5-3-12)32(22,28)29/h2-8,18H,1H3,(H,23,25)(H2,22,28,29)/b11-6+. The fraction of sp³-hybridized carbons (Fsp3) is 0.111. The molecule has 0 bridgehead atoms. The zero-order valence-corrected chi connectivity index (χ0v) is 16.9. The molecular weight excluding hydrogens is 454 g/mol. The van der Waals surface area contributed by atoms with Gasteiger partial charge in [0.05, 0.1) is 28.6 Å². The van der Waals surface area contributed by atoms with Crippen LogP contribution in [0.3, 0.4) is 0 Å². The molecule has 14 heteroatoms. The van der Waals surface area contributed by atoms with Gasteiger partial charge in [-0.3, -0.25) is 14.9 Å². The number of rotatable bonds is 8. The lowest BCUT2D eigenvalue weighted by molar-refractivity contribution is -0.385. The van der Waals surface area contributed by atoms with Crippen molar-refractivity contribution in [1.29, 1.82) is 5.26 Å². The second-order valence-electron chi connectivity index (χ2n) is 5.89. The van der Waals surface area contributed by atoms with Crippen LogP contribution < -0.4 is 19.9 Å². The highest BCUT2D eigenvalue weighted by atomic mass is 32.2. The van der Waals surface area contributed by atoms with Gasteiger partial charge in [-0.15, -0.1) is 0 Å². The number of nitro groups is 1. The van der Waals surface area contributed by atoms with E-state index < -0.39 is 44.5 Å². The van der Waals surface area contributed by atoms with Crippen molar-refractivity contribution in [1.82, 2.24) is 0 Å². The molecule has 0 aromatic heterocycles. The number of amides is 1. The summed E-state index contributed by atoms with van der Waals surface area (Å²) >= 11 is 0. The zero-order chi connectivity index (χ0) is 24.1. The molecule has 0 saturated heterocycles. The smallest absolute Gasteiger partial charge is 0.387 e. The summed E-state index contributed by atoms with van der Waals surface area (Å²) in [5.41, 5.74) is -1.48. The van der Waals surface area contributed by atoms with Crippen LogP contribution in [0, 0.1) is 21.4 Å². The number of nitrogens with zero attached hydrogens (tertiary/aromatic N) is 2. The Morgan fingerprint density at radius 2 is 1.91 bits per heavy atom. The first-order valence-corrected chi connectivity index (χ1v) is 9.88. The molecule has 0 unspecified atom stereocenters. The van der Waals surface area contributed by atoms with Crippen LogP contribution in [0.5, 0.6) is 11.5 Å². The third-order valence-corrected chi connectivity index (χ3v) is 4.76. The third-order valence-electron chi connectivity index (χ3n) is 3.83. The van der Waals surface area contributed by atoms with Crippen molar-refractivity contribution in [3.8, 4) is 17.6 Å². The van der Waals surface area contributed by atoms with E-state index in [9.17, 15) is 37.4 Å². The average Bonchev–Trinajstić information content (AvgIpc) is 2.71. The third kappa shape index (κ3) is 5.97. The molecular formula is C18H14F2N4O7S. The van der Waals surface area contributed by atoms with Gasteiger partial charge in [0.15, 0.2) is 11.5 Å². The Labute approximate surface area is 179 Å². The first-order valence-electron chi connectivity index (χ1n) is 8.33. The Hall–Kier alpha value is -4.09. The van der Waals surface area contributed by atoms with Crippen molar-refractivity contribution in [2.75, 3.05) is 12.4 Å². The summed E-state index contributed by atoms with van der Waals surface area (Å²) in [6.45, 7) is -3.27. The summed E-state index contributed by atoms with van der Waals surface area (Å²) in [6, 6.07) is 7.89. The van der Waals surface area contributed by atoms with E-state index in [1.807, 2.05) is 0 Å². The molecule has 168 valence electrons. The van der Waals surface area contributed by atoms with Gasteiger partial charge in [-0.25, -0.2) is 13.6 Å². The summed E-state index contributed by atoms with van der Waals surface area (Å²) in [5, 5.41) is 28.0. The first-order chi connectivity index (χ1) is 15.0. The van der Waals surface area contributed by atoms with Crippen LogP contribution >= 0.6 is 0 Å². The Kier molecular flexibility index (Phi) is 7.41. The predicted octanol–water partition coefficient (Wildman–Crippen LogP) is 2.40. The van der Waals surface area contributed by atoms with Crippen molar-refractivity contribution in [3.05, 3.63) is 57.6 Å². The number of primary sulfonamides is 1. The summed E-state index contributed by atoms with van der Waals surface area (Å²) in [5.74, 6) is -1.88. The minimum Gasteiger partial charge on any atom is -0.493 e. The highest BCUT2D eigenvalue weighted by Crippen LogP contribution is 2.36. The number of carbonyl (C=O) groups excluding carboxylic acids is 1.